The first-order chi connectivity index (χ1) is 13.8. The largest absolute Gasteiger partial charge is 0.418 e. The number of halogens is 3. The lowest BCUT2D eigenvalue weighted by molar-refractivity contribution is -0.137. The normalized spacial score (nSPS) is 12.6. The summed E-state index contributed by atoms with van der Waals surface area (Å²) in [6, 6.07) is 12.2. The van der Waals surface area contributed by atoms with Crippen molar-refractivity contribution in [1.82, 2.24) is 9.78 Å². The minimum absolute atomic E-state index is 0.199. The van der Waals surface area contributed by atoms with Gasteiger partial charge in [-0.15, -0.1) is 11.8 Å². The Kier molecular flexibility index (Phi) is 6.32. The van der Waals surface area contributed by atoms with E-state index in [-0.39, 0.29) is 16.5 Å². The second-order valence-electron chi connectivity index (χ2n) is 6.49. The highest BCUT2D eigenvalue weighted by atomic mass is 32.2. The molecule has 1 atom stereocenters. The van der Waals surface area contributed by atoms with E-state index in [1.54, 1.807) is 53.5 Å². The van der Waals surface area contributed by atoms with E-state index >= 15 is 0 Å². The first kappa shape index (κ1) is 21.0. The number of carbonyl (C=O) groups is 1. The fourth-order valence-electron chi connectivity index (χ4n) is 2.64. The molecule has 0 bridgehead atoms. The topological polar surface area (TPSA) is 46.9 Å². The van der Waals surface area contributed by atoms with E-state index in [1.165, 1.54) is 17.8 Å². The summed E-state index contributed by atoms with van der Waals surface area (Å²) in [5.41, 5.74) is -0.111. The summed E-state index contributed by atoms with van der Waals surface area (Å²) in [7, 11) is 0. The van der Waals surface area contributed by atoms with Crippen molar-refractivity contribution in [2.24, 2.45) is 0 Å². The van der Waals surface area contributed by atoms with Crippen molar-refractivity contribution in [2.45, 2.75) is 36.6 Å². The number of thioether (sulfide) groups is 1. The third kappa shape index (κ3) is 5.20. The fourth-order valence-corrected chi connectivity index (χ4v) is 3.60. The number of anilines is 1. The standard InChI is InChI=1S/C21H20F3N3OS/c1-3-14(2)29-17-9-10-19(18(13-17)21(22,23)24)26-20(28)15-5-7-16(8-6-15)27-12-4-11-25-27/h4-14H,3H2,1-2H3,(H,26,28). The van der Waals surface area contributed by atoms with Gasteiger partial charge in [-0.25, -0.2) is 4.68 Å². The molecule has 0 fully saturated rings. The van der Waals surface area contributed by atoms with Crippen molar-refractivity contribution in [3.63, 3.8) is 0 Å². The summed E-state index contributed by atoms with van der Waals surface area (Å²) in [6.07, 6.45) is -0.343. The summed E-state index contributed by atoms with van der Waals surface area (Å²) in [6.45, 7) is 3.94. The maximum atomic E-state index is 13.5. The number of aromatic nitrogens is 2. The van der Waals surface area contributed by atoms with Crippen molar-refractivity contribution in [1.29, 1.82) is 0 Å². The minimum atomic E-state index is -4.57. The molecule has 0 aliphatic carbocycles. The molecule has 0 saturated heterocycles. The Morgan fingerprint density at radius 1 is 1.21 bits per heavy atom. The predicted molar refractivity (Wildman–Crippen MR) is 109 cm³/mol. The van der Waals surface area contributed by atoms with E-state index in [0.717, 1.165) is 18.2 Å². The third-order valence-corrected chi connectivity index (χ3v) is 5.62. The highest BCUT2D eigenvalue weighted by Gasteiger charge is 2.34. The SMILES string of the molecule is CCC(C)Sc1ccc(NC(=O)c2ccc(-n3cccn3)cc2)c(C(F)(F)F)c1. The molecule has 0 spiro atoms. The molecule has 0 aliphatic rings. The number of hydrogen-bond acceptors (Lipinski definition) is 3. The van der Waals surface area contributed by atoms with Crippen LogP contribution in [0.5, 0.6) is 0 Å². The zero-order chi connectivity index (χ0) is 21.0. The van der Waals surface area contributed by atoms with Crippen molar-refractivity contribution in [3.8, 4) is 5.69 Å². The van der Waals surface area contributed by atoms with Crippen LogP contribution < -0.4 is 5.32 Å². The molecular weight excluding hydrogens is 399 g/mol. The van der Waals surface area contributed by atoms with E-state index in [0.29, 0.717) is 4.90 Å². The molecule has 4 nitrogen and oxygen atoms in total. The molecule has 1 amide bonds. The number of nitrogens with one attached hydrogen (secondary N) is 1. The molecule has 29 heavy (non-hydrogen) atoms. The predicted octanol–water partition coefficient (Wildman–Crippen LogP) is 6.03. The molecule has 152 valence electrons. The molecule has 0 radical (unpaired) electrons. The second-order valence-corrected chi connectivity index (χ2v) is 8.01. The Bertz CT molecular complexity index is 970. The molecule has 0 saturated carbocycles. The van der Waals surface area contributed by atoms with Crippen LogP contribution in [0, 0.1) is 0 Å². The summed E-state index contributed by atoms with van der Waals surface area (Å²) in [5.74, 6) is -0.607. The number of benzene rings is 2. The number of nitrogens with zero attached hydrogens (tertiary/aromatic N) is 2. The average molecular weight is 419 g/mol. The molecule has 8 heteroatoms. The summed E-state index contributed by atoms with van der Waals surface area (Å²) >= 11 is 1.38. The van der Waals surface area contributed by atoms with Crippen LogP contribution in [0.3, 0.4) is 0 Å². The van der Waals surface area contributed by atoms with Crippen LogP contribution in [-0.4, -0.2) is 20.9 Å². The molecule has 1 N–H and O–H groups in total. The van der Waals surface area contributed by atoms with Crippen molar-refractivity contribution >= 4 is 23.4 Å². The van der Waals surface area contributed by atoms with Gasteiger partial charge in [0.15, 0.2) is 0 Å². The molecule has 3 aromatic rings. The van der Waals surface area contributed by atoms with Gasteiger partial charge in [0.1, 0.15) is 0 Å². The zero-order valence-electron chi connectivity index (χ0n) is 15.9. The van der Waals surface area contributed by atoms with Crippen LogP contribution in [0.25, 0.3) is 5.69 Å². The fraction of sp³-hybridized carbons (Fsp3) is 0.238. The van der Waals surface area contributed by atoms with Gasteiger partial charge < -0.3 is 5.32 Å². The van der Waals surface area contributed by atoms with Gasteiger partial charge in [0.25, 0.3) is 5.91 Å². The smallest absolute Gasteiger partial charge is 0.321 e. The molecule has 1 unspecified atom stereocenters. The maximum Gasteiger partial charge on any atom is 0.418 e. The Morgan fingerprint density at radius 2 is 1.93 bits per heavy atom. The highest BCUT2D eigenvalue weighted by molar-refractivity contribution is 7.99. The quantitative estimate of drug-likeness (QED) is 0.496. The molecule has 1 aromatic heterocycles. The van der Waals surface area contributed by atoms with Crippen molar-refractivity contribution in [3.05, 3.63) is 72.1 Å². The Hall–Kier alpha value is -2.74. The zero-order valence-corrected chi connectivity index (χ0v) is 16.7. The molecule has 3 rings (SSSR count). The number of carbonyl (C=O) groups excluding carboxylic acids is 1. The summed E-state index contributed by atoms with van der Waals surface area (Å²) in [5, 5.41) is 6.68. The van der Waals surface area contributed by atoms with E-state index in [4.69, 9.17) is 0 Å². The lowest BCUT2D eigenvalue weighted by atomic mass is 10.1. The Labute approximate surface area is 171 Å². The first-order valence-corrected chi connectivity index (χ1v) is 9.95. The average Bonchev–Trinajstić information content (AvgIpc) is 3.23. The molecular formula is C21H20F3N3OS. The van der Waals surface area contributed by atoms with Crippen LogP contribution in [0.1, 0.15) is 36.2 Å². The molecule has 1 heterocycles. The number of amides is 1. The third-order valence-electron chi connectivity index (χ3n) is 4.36. The number of rotatable bonds is 6. The van der Waals surface area contributed by atoms with E-state index in [9.17, 15) is 18.0 Å². The highest BCUT2D eigenvalue weighted by Crippen LogP contribution is 2.38. The molecule has 2 aromatic carbocycles. The molecule has 0 aliphatic heterocycles. The summed E-state index contributed by atoms with van der Waals surface area (Å²) in [4.78, 5) is 13.0. The Balaban J connectivity index is 1.82. The van der Waals surface area contributed by atoms with Crippen molar-refractivity contribution < 1.29 is 18.0 Å². The van der Waals surface area contributed by atoms with Crippen LogP contribution in [0.15, 0.2) is 65.8 Å². The van der Waals surface area contributed by atoms with Gasteiger partial charge in [0, 0.05) is 28.1 Å². The van der Waals surface area contributed by atoms with Gasteiger partial charge >= 0.3 is 6.18 Å². The van der Waals surface area contributed by atoms with Crippen LogP contribution in [-0.2, 0) is 6.18 Å². The van der Waals surface area contributed by atoms with E-state index < -0.39 is 17.6 Å². The summed E-state index contributed by atoms with van der Waals surface area (Å²) < 4.78 is 42.2. The maximum absolute atomic E-state index is 13.5. The van der Waals surface area contributed by atoms with E-state index in [1.807, 2.05) is 13.8 Å². The van der Waals surface area contributed by atoms with Crippen molar-refractivity contribution in [2.75, 3.05) is 5.32 Å². The van der Waals surface area contributed by atoms with Gasteiger partial charge in [-0.05, 0) is 55.0 Å². The second kappa shape index (κ2) is 8.73. The van der Waals surface area contributed by atoms with Gasteiger partial charge in [-0.1, -0.05) is 13.8 Å². The lowest BCUT2D eigenvalue weighted by Gasteiger charge is -2.16. The van der Waals surface area contributed by atoms with E-state index in [2.05, 4.69) is 10.4 Å². The first-order valence-electron chi connectivity index (χ1n) is 9.07. The number of hydrogen-bond donors (Lipinski definition) is 1. The van der Waals surface area contributed by atoms with Gasteiger partial charge in [-0.3, -0.25) is 4.79 Å². The van der Waals surface area contributed by atoms with Gasteiger partial charge in [0.2, 0.25) is 0 Å². The van der Waals surface area contributed by atoms with Gasteiger partial charge in [-0.2, -0.15) is 18.3 Å². The lowest BCUT2D eigenvalue weighted by Crippen LogP contribution is -2.17. The number of alkyl halides is 3. The monoisotopic (exact) mass is 419 g/mol. The Morgan fingerprint density at radius 3 is 2.52 bits per heavy atom. The minimum Gasteiger partial charge on any atom is -0.321 e. The van der Waals surface area contributed by atoms with Gasteiger partial charge in [0.05, 0.1) is 16.9 Å². The van der Waals surface area contributed by atoms with Crippen LogP contribution >= 0.6 is 11.8 Å². The van der Waals surface area contributed by atoms with Crippen LogP contribution in [0.4, 0.5) is 18.9 Å². The van der Waals surface area contributed by atoms with Crippen LogP contribution in [0.2, 0.25) is 0 Å².